The van der Waals surface area contributed by atoms with Gasteiger partial charge in [-0.2, -0.15) is 0 Å². The van der Waals surface area contributed by atoms with Crippen molar-refractivity contribution in [3.8, 4) is 0 Å². The van der Waals surface area contributed by atoms with Gasteiger partial charge in [-0.25, -0.2) is 0 Å². The minimum atomic E-state index is -0.276. The lowest BCUT2D eigenvalue weighted by Crippen LogP contribution is -2.33. The van der Waals surface area contributed by atoms with Crippen LogP contribution in [0.4, 0.5) is 0 Å². The fourth-order valence-electron chi connectivity index (χ4n) is 1.96. The van der Waals surface area contributed by atoms with Crippen molar-refractivity contribution < 1.29 is 4.79 Å². The third kappa shape index (κ3) is 3.43. The van der Waals surface area contributed by atoms with Crippen LogP contribution in [-0.2, 0) is 11.3 Å². The maximum atomic E-state index is 12.2. The summed E-state index contributed by atoms with van der Waals surface area (Å²) in [6.45, 7) is 2.94. The average Bonchev–Trinajstić information content (AvgIpc) is 2.84. The van der Waals surface area contributed by atoms with Crippen LogP contribution < -0.4 is 11.1 Å². The van der Waals surface area contributed by atoms with E-state index in [0.717, 1.165) is 5.56 Å². The van der Waals surface area contributed by atoms with E-state index >= 15 is 0 Å². The van der Waals surface area contributed by atoms with Crippen molar-refractivity contribution in [2.75, 3.05) is 6.54 Å². The Balaban J connectivity index is 2.00. The van der Waals surface area contributed by atoms with Gasteiger partial charge in [0.25, 0.3) is 0 Å². The van der Waals surface area contributed by atoms with Gasteiger partial charge in [0.2, 0.25) is 5.91 Å². The molecule has 1 aromatic carbocycles. The van der Waals surface area contributed by atoms with Crippen LogP contribution in [0.25, 0.3) is 0 Å². The Morgan fingerprint density at radius 1 is 1.32 bits per heavy atom. The fourth-order valence-corrected chi connectivity index (χ4v) is 2.80. The van der Waals surface area contributed by atoms with E-state index in [1.54, 1.807) is 11.3 Å². The minimum absolute atomic E-state index is 0.0125. The van der Waals surface area contributed by atoms with E-state index in [9.17, 15) is 4.79 Å². The maximum absolute atomic E-state index is 12.2. The first-order valence-corrected chi connectivity index (χ1v) is 7.16. The Kier molecular flexibility index (Phi) is 4.71. The highest BCUT2D eigenvalue weighted by atomic mass is 32.1. The molecule has 0 saturated heterocycles. The van der Waals surface area contributed by atoms with Gasteiger partial charge in [-0.1, -0.05) is 30.3 Å². The summed E-state index contributed by atoms with van der Waals surface area (Å²) in [5.74, 6) is -0.289. The number of nitrogens with one attached hydrogen (secondary N) is 1. The highest BCUT2D eigenvalue weighted by molar-refractivity contribution is 7.10. The molecule has 0 radical (unpaired) electrons. The van der Waals surface area contributed by atoms with Crippen LogP contribution in [0.3, 0.4) is 0 Å². The summed E-state index contributed by atoms with van der Waals surface area (Å²) in [4.78, 5) is 13.4. The quantitative estimate of drug-likeness (QED) is 0.879. The molecule has 19 heavy (non-hydrogen) atoms. The van der Waals surface area contributed by atoms with E-state index in [-0.39, 0.29) is 11.8 Å². The highest BCUT2D eigenvalue weighted by Crippen LogP contribution is 2.17. The SMILES string of the molecule is Cc1ccsc1CNC(=O)C(CN)c1ccccc1. The Morgan fingerprint density at radius 3 is 2.63 bits per heavy atom. The predicted octanol–water partition coefficient (Wildman–Crippen LogP) is 2.42. The number of amides is 1. The van der Waals surface area contributed by atoms with Crippen LogP contribution in [0.15, 0.2) is 41.8 Å². The van der Waals surface area contributed by atoms with Gasteiger partial charge in [0, 0.05) is 11.4 Å². The molecule has 1 atom stereocenters. The van der Waals surface area contributed by atoms with Crippen LogP contribution in [-0.4, -0.2) is 12.5 Å². The summed E-state index contributed by atoms with van der Waals surface area (Å²) in [7, 11) is 0. The Morgan fingerprint density at radius 2 is 2.05 bits per heavy atom. The zero-order valence-electron chi connectivity index (χ0n) is 10.9. The topological polar surface area (TPSA) is 55.1 Å². The van der Waals surface area contributed by atoms with Crippen LogP contribution in [0.5, 0.6) is 0 Å². The molecule has 2 aromatic rings. The number of rotatable bonds is 5. The molecule has 0 aliphatic rings. The second kappa shape index (κ2) is 6.50. The van der Waals surface area contributed by atoms with Crippen molar-refractivity contribution in [3.63, 3.8) is 0 Å². The molecule has 0 bridgehead atoms. The van der Waals surface area contributed by atoms with Crippen LogP contribution in [0.1, 0.15) is 21.9 Å². The first-order valence-electron chi connectivity index (χ1n) is 6.28. The Bertz CT molecular complexity index is 536. The molecule has 2 rings (SSSR count). The van der Waals surface area contributed by atoms with Crippen LogP contribution >= 0.6 is 11.3 Å². The van der Waals surface area contributed by atoms with Crippen molar-refractivity contribution in [2.45, 2.75) is 19.4 Å². The van der Waals surface area contributed by atoms with E-state index in [4.69, 9.17) is 5.73 Å². The van der Waals surface area contributed by atoms with E-state index in [0.29, 0.717) is 13.1 Å². The van der Waals surface area contributed by atoms with Gasteiger partial charge in [-0.3, -0.25) is 4.79 Å². The Hall–Kier alpha value is -1.65. The summed E-state index contributed by atoms with van der Waals surface area (Å²) < 4.78 is 0. The zero-order chi connectivity index (χ0) is 13.7. The summed E-state index contributed by atoms with van der Waals surface area (Å²) in [5.41, 5.74) is 7.91. The number of thiophene rings is 1. The van der Waals surface area contributed by atoms with Gasteiger partial charge in [-0.05, 0) is 29.5 Å². The number of hydrogen-bond acceptors (Lipinski definition) is 3. The molecule has 1 aromatic heterocycles. The number of carbonyl (C=O) groups excluding carboxylic acids is 1. The zero-order valence-corrected chi connectivity index (χ0v) is 11.7. The third-order valence-electron chi connectivity index (χ3n) is 3.15. The lowest BCUT2D eigenvalue weighted by atomic mass is 9.98. The second-order valence-corrected chi connectivity index (χ2v) is 5.44. The molecule has 0 saturated carbocycles. The normalized spacial score (nSPS) is 12.1. The van der Waals surface area contributed by atoms with Gasteiger partial charge in [0.1, 0.15) is 0 Å². The molecule has 0 spiro atoms. The molecule has 3 N–H and O–H groups in total. The fraction of sp³-hybridized carbons (Fsp3) is 0.267. The van der Waals surface area contributed by atoms with Crippen molar-refractivity contribution in [3.05, 3.63) is 57.8 Å². The first kappa shape index (κ1) is 13.8. The van der Waals surface area contributed by atoms with E-state index in [2.05, 4.69) is 18.3 Å². The molecule has 0 aliphatic heterocycles. The summed E-state index contributed by atoms with van der Waals surface area (Å²) in [6, 6.07) is 11.7. The van der Waals surface area contributed by atoms with Gasteiger partial charge < -0.3 is 11.1 Å². The van der Waals surface area contributed by atoms with Gasteiger partial charge in [0.15, 0.2) is 0 Å². The minimum Gasteiger partial charge on any atom is -0.351 e. The van der Waals surface area contributed by atoms with Crippen molar-refractivity contribution in [2.24, 2.45) is 5.73 Å². The van der Waals surface area contributed by atoms with Crippen molar-refractivity contribution in [1.29, 1.82) is 0 Å². The molecule has 1 amide bonds. The highest BCUT2D eigenvalue weighted by Gasteiger charge is 2.18. The van der Waals surface area contributed by atoms with Gasteiger partial charge >= 0.3 is 0 Å². The lowest BCUT2D eigenvalue weighted by molar-refractivity contribution is -0.122. The molecular formula is C15H18N2OS. The van der Waals surface area contributed by atoms with E-state index < -0.39 is 0 Å². The molecule has 3 nitrogen and oxygen atoms in total. The number of hydrogen-bond donors (Lipinski definition) is 2. The summed E-state index contributed by atoms with van der Waals surface area (Å²) in [5, 5.41) is 5.00. The number of benzene rings is 1. The monoisotopic (exact) mass is 274 g/mol. The summed E-state index contributed by atoms with van der Waals surface area (Å²) >= 11 is 1.66. The number of carbonyl (C=O) groups is 1. The lowest BCUT2D eigenvalue weighted by Gasteiger charge is -2.15. The van der Waals surface area contributed by atoms with Crippen molar-refractivity contribution in [1.82, 2.24) is 5.32 Å². The molecule has 1 unspecified atom stereocenters. The Labute approximate surface area is 117 Å². The largest absolute Gasteiger partial charge is 0.351 e. The molecule has 4 heteroatoms. The van der Waals surface area contributed by atoms with Crippen LogP contribution in [0.2, 0.25) is 0 Å². The summed E-state index contributed by atoms with van der Waals surface area (Å²) in [6.07, 6.45) is 0. The number of aryl methyl sites for hydroxylation is 1. The second-order valence-electron chi connectivity index (χ2n) is 4.44. The van der Waals surface area contributed by atoms with Crippen LogP contribution in [0, 0.1) is 6.92 Å². The molecule has 0 aliphatic carbocycles. The third-order valence-corrected chi connectivity index (χ3v) is 4.17. The first-order chi connectivity index (χ1) is 9.22. The van der Waals surface area contributed by atoms with Crippen molar-refractivity contribution >= 4 is 17.2 Å². The molecular weight excluding hydrogens is 256 g/mol. The van der Waals surface area contributed by atoms with Gasteiger partial charge in [-0.15, -0.1) is 11.3 Å². The predicted molar refractivity (Wildman–Crippen MR) is 79.1 cm³/mol. The molecule has 0 fully saturated rings. The standard InChI is InChI=1S/C15H18N2OS/c1-11-7-8-19-14(11)10-17-15(18)13(9-16)12-5-3-2-4-6-12/h2-8,13H,9-10,16H2,1H3,(H,17,18). The maximum Gasteiger partial charge on any atom is 0.229 e. The smallest absolute Gasteiger partial charge is 0.229 e. The van der Waals surface area contributed by atoms with E-state index in [1.807, 2.05) is 35.7 Å². The molecule has 1 heterocycles. The average molecular weight is 274 g/mol. The van der Waals surface area contributed by atoms with Gasteiger partial charge in [0.05, 0.1) is 12.5 Å². The number of nitrogens with two attached hydrogens (primary N) is 1. The van der Waals surface area contributed by atoms with E-state index in [1.165, 1.54) is 10.4 Å². The molecule has 100 valence electrons.